The van der Waals surface area contributed by atoms with Crippen LogP contribution in [-0.4, -0.2) is 45.6 Å². The van der Waals surface area contributed by atoms with E-state index in [-0.39, 0.29) is 23.9 Å². The third kappa shape index (κ3) is 4.59. The van der Waals surface area contributed by atoms with Gasteiger partial charge in [0, 0.05) is 6.54 Å². The zero-order chi connectivity index (χ0) is 20.3. The van der Waals surface area contributed by atoms with Gasteiger partial charge in [0.1, 0.15) is 0 Å². The molecule has 1 aliphatic heterocycles. The van der Waals surface area contributed by atoms with Gasteiger partial charge in [-0.15, -0.1) is 5.10 Å². The zero-order valence-electron chi connectivity index (χ0n) is 17.2. The summed E-state index contributed by atoms with van der Waals surface area (Å²) in [6.45, 7) is 10.4. The summed E-state index contributed by atoms with van der Waals surface area (Å²) in [6.07, 6.45) is 1.20. The molecule has 1 aliphatic rings. The van der Waals surface area contributed by atoms with Crippen molar-refractivity contribution in [2.24, 2.45) is 0 Å². The van der Waals surface area contributed by atoms with Crippen molar-refractivity contribution < 1.29 is 9.90 Å². The summed E-state index contributed by atoms with van der Waals surface area (Å²) in [7, 11) is 0. The van der Waals surface area contributed by atoms with E-state index in [9.17, 15) is 9.90 Å². The van der Waals surface area contributed by atoms with E-state index in [1.807, 2.05) is 35.9 Å². The minimum Gasteiger partial charge on any atom is -0.387 e. The average molecular weight is 386 g/mol. The van der Waals surface area contributed by atoms with Gasteiger partial charge in [0.05, 0.1) is 17.8 Å². The Bertz CT molecular complexity index is 801. The molecule has 1 aromatic heterocycles. The molecular formula is C21H31N5O2. The summed E-state index contributed by atoms with van der Waals surface area (Å²) in [5, 5.41) is 24.8. The summed E-state index contributed by atoms with van der Waals surface area (Å²) >= 11 is 0. The number of rotatable bonds is 5. The Balaban J connectivity index is 1.60. The van der Waals surface area contributed by atoms with E-state index < -0.39 is 6.10 Å². The quantitative estimate of drug-likeness (QED) is 0.734. The number of hydrogen-bond donors (Lipinski definition) is 3. The molecule has 0 spiro atoms. The fourth-order valence-corrected chi connectivity index (χ4v) is 3.54. The van der Waals surface area contributed by atoms with Crippen LogP contribution in [0, 0.1) is 6.92 Å². The lowest BCUT2D eigenvalue weighted by Crippen LogP contribution is -2.31. The van der Waals surface area contributed by atoms with E-state index in [2.05, 4.69) is 41.7 Å². The van der Waals surface area contributed by atoms with Gasteiger partial charge in [0.2, 0.25) is 0 Å². The highest BCUT2D eigenvalue weighted by atomic mass is 16.3. The van der Waals surface area contributed by atoms with Crippen LogP contribution in [0.3, 0.4) is 0 Å². The fourth-order valence-electron chi connectivity index (χ4n) is 3.54. The van der Waals surface area contributed by atoms with Crippen LogP contribution in [-0.2, 0) is 5.41 Å². The number of aliphatic hydroxyl groups is 1. The standard InChI is InChI=1S/C21H31N5O2/c1-14-19(24-25-26(14)17-9-11-22-12-10-17)20(28)23-13-18(27)15-5-7-16(8-6-15)21(2,3)4/h5-8,17-18,22,27H,9-13H2,1-4H3,(H,23,28). The van der Waals surface area contributed by atoms with Gasteiger partial charge < -0.3 is 15.7 Å². The van der Waals surface area contributed by atoms with E-state index in [1.165, 1.54) is 5.56 Å². The van der Waals surface area contributed by atoms with E-state index in [1.54, 1.807) is 0 Å². The van der Waals surface area contributed by atoms with Gasteiger partial charge in [-0.2, -0.15) is 0 Å². The molecule has 2 aromatic rings. The second-order valence-electron chi connectivity index (χ2n) is 8.55. The Morgan fingerprint density at radius 2 is 1.93 bits per heavy atom. The van der Waals surface area contributed by atoms with Crippen molar-refractivity contribution in [3.63, 3.8) is 0 Å². The molecule has 1 amide bonds. The number of amides is 1. The van der Waals surface area contributed by atoms with E-state index in [4.69, 9.17) is 0 Å². The van der Waals surface area contributed by atoms with Crippen molar-refractivity contribution in [2.45, 2.75) is 58.1 Å². The van der Waals surface area contributed by atoms with Crippen molar-refractivity contribution >= 4 is 5.91 Å². The van der Waals surface area contributed by atoms with Gasteiger partial charge >= 0.3 is 0 Å². The average Bonchev–Trinajstić information content (AvgIpc) is 3.07. The minimum atomic E-state index is -0.766. The van der Waals surface area contributed by atoms with Crippen LogP contribution in [0.15, 0.2) is 24.3 Å². The largest absolute Gasteiger partial charge is 0.387 e. The minimum absolute atomic E-state index is 0.0649. The number of aliphatic hydroxyl groups excluding tert-OH is 1. The Hall–Kier alpha value is -2.25. The van der Waals surface area contributed by atoms with Gasteiger partial charge in [-0.1, -0.05) is 50.3 Å². The maximum atomic E-state index is 12.5. The first-order chi connectivity index (χ1) is 13.3. The summed E-state index contributed by atoms with van der Waals surface area (Å²) in [5.41, 5.74) is 3.15. The van der Waals surface area contributed by atoms with Crippen LogP contribution in [0.25, 0.3) is 0 Å². The Labute approximate surface area is 166 Å². The molecule has 0 radical (unpaired) electrons. The molecule has 1 unspecified atom stereocenters. The van der Waals surface area contributed by atoms with Gasteiger partial charge in [-0.3, -0.25) is 4.79 Å². The predicted octanol–water partition coefficient (Wildman–Crippen LogP) is 2.27. The Morgan fingerprint density at radius 1 is 1.29 bits per heavy atom. The van der Waals surface area contributed by atoms with Crippen LogP contribution < -0.4 is 10.6 Å². The summed E-state index contributed by atoms with van der Waals surface area (Å²) in [4.78, 5) is 12.5. The highest BCUT2D eigenvalue weighted by Crippen LogP contribution is 2.24. The summed E-state index contributed by atoms with van der Waals surface area (Å²) < 4.78 is 1.86. The first kappa shape index (κ1) is 20.5. The van der Waals surface area contributed by atoms with E-state index in [0.717, 1.165) is 37.2 Å². The van der Waals surface area contributed by atoms with E-state index in [0.29, 0.717) is 5.69 Å². The highest BCUT2D eigenvalue weighted by molar-refractivity contribution is 5.93. The molecule has 0 bridgehead atoms. The van der Waals surface area contributed by atoms with Gasteiger partial charge in [0.15, 0.2) is 5.69 Å². The molecule has 28 heavy (non-hydrogen) atoms. The zero-order valence-corrected chi connectivity index (χ0v) is 17.2. The molecular weight excluding hydrogens is 354 g/mol. The molecule has 7 heteroatoms. The van der Waals surface area contributed by atoms with Crippen molar-refractivity contribution in [1.29, 1.82) is 0 Å². The number of carbonyl (C=O) groups excluding carboxylic acids is 1. The van der Waals surface area contributed by atoms with Crippen LogP contribution in [0.1, 0.15) is 73.1 Å². The molecule has 1 saturated heterocycles. The Morgan fingerprint density at radius 3 is 2.54 bits per heavy atom. The molecule has 1 fully saturated rings. The van der Waals surface area contributed by atoms with Gasteiger partial charge in [-0.05, 0) is 49.4 Å². The lowest BCUT2D eigenvalue weighted by molar-refractivity contribution is 0.0910. The van der Waals surface area contributed by atoms with Crippen molar-refractivity contribution in [2.75, 3.05) is 19.6 Å². The normalized spacial score (nSPS) is 16.8. The molecule has 152 valence electrons. The maximum absolute atomic E-state index is 12.5. The van der Waals surface area contributed by atoms with Crippen LogP contribution >= 0.6 is 0 Å². The maximum Gasteiger partial charge on any atom is 0.273 e. The lowest BCUT2D eigenvalue weighted by atomic mass is 9.86. The van der Waals surface area contributed by atoms with Crippen LogP contribution in [0.4, 0.5) is 0 Å². The third-order valence-corrected chi connectivity index (χ3v) is 5.41. The number of nitrogens with one attached hydrogen (secondary N) is 2. The third-order valence-electron chi connectivity index (χ3n) is 5.41. The molecule has 1 atom stereocenters. The number of piperidine rings is 1. The van der Waals surface area contributed by atoms with Crippen LogP contribution in [0.2, 0.25) is 0 Å². The molecule has 0 saturated carbocycles. The second-order valence-corrected chi connectivity index (χ2v) is 8.55. The SMILES string of the molecule is Cc1c(C(=O)NCC(O)c2ccc(C(C)(C)C)cc2)nnn1C1CCNCC1. The monoisotopic (exact) mass is 385 g/mol. The number of aromatic nitrogens is 3. The molecule has 3 N–H and O–H groups in total. The van der Waals surface area contributed by atoms with Crippen LogP contribution in [0.5, 0.6) is 0 Å². The second kappa shape index (κ2) is 8.41. The number of benzene rings is 1. The van der Waals surface area contributed by atoms with Crippen molar-refractivity contribution in [1.82, 2.24) is 25.6 Å². The van der Waals surface area contributed by atoms with Gasteiger partial charge in [0.25, 0.3) is 5.91 Å². The van der Waals surface area contributed by atoms with Gasteiger partial charge in [-0.25, -0.2) is 4.68 Å². The summed E-state index contributed by atoms with van der Waals surface area (Å²) in [5.74, 6) is -0.303. The van der Waals surface area contributed by atoms with E-state index >= 15 is 0 Å². The number of carbonyl (C=O) groups is 1. The molecule has 1 aromatic carbocycles. The van der Waals surface area contributed by atoms with Crippen molar-refractivity contribution in [3.05, 3.63) is 46.8 Å². The molecule has 0 aliphatic carbocycles. The Kier molecular flexibility index (Phi) is 6.15. The topological polar surface area (TPSA) is 92.1 Å². The first-order valence-electron chi connectivity index (χ1n) is 9.96. The molecule has 2 heterocycles. The summed E-state index contributed by atoms with van der Waals surface area (Å²) in [6, 6.07) is 8.15. The molecule has 3 rings (SSSR count). The lowest BCUT2D eigenvalue weighted by Gasteiger charge is -2.23. The highest BCUT2D eigenvalue weighted by Gasteiger charge is 2.23. The number of hydrogen-bond acceptors (Lipinski definition) is 5. The molecule has 7 nitrogen and oxygen atoms in total. The fraction of sp³-hybridized carbons (Fsp3) is 0.571. The predicted molar refractivity (Wildman–Crippen MR) is 108 cm³/mol. The van der Waals surface area contributed by atoms with Crippen molar-refractivity contribution in [3.8, 4) is 0 Å². The number of nitrogens with zero attached hydrogens (tertiary/aromatic N) is 3. The smallest absolute Gasteiger partial charge is 0.273 e. The first-order valence-corrected chi connectivity index (χ1v) is 9.96.